The van der Waals surface area contributed by atoms with Crippen molar-refractivity contribution in [1.82, 2.24) is 0 Å². The van der Waals surface area contributed by atoms with Crippen LogP contribution in [0.1, 0.15) is 6.42 Å². The van der Waals surface area contributed by atoms with E-state index >= 15 is 0 Å². The molecule has 0 unspecified atom stereocenters. The fourth-order valence-electron chi connectivity index (χ4n) is 2.39. The second-order valence-corrected chi connectivity index (χ2v) is 7.70. The van der Waals surface area contributed by atoms with Crippen LogP contribution in [0, 0.1) is 0 Å². The maximum Gasteiger partial charge on any atom is 0.225 e. The number of carbonyl (C=O) groups excluding carboxylic acids is 1. The van der Waals surface area contributed by atoms with Crippen LogP contribution in [0.4, 0.5) is 11.4 Å². The zero-order chi connectivity index (χ0) is 20.0. The number of carbonyl (C=O) groups is 1. The van der Waals surface area contributed by atoms with Gasteiger partial charge in [-0.15, -0.1) is 12.4 Å². The number of benzene rings is 2. The summed E-state index contributed by atoms with van der Waals surface area (Å²) in [5.41, 5.74) is 6.61. The van der Waals surface area contributed by atoms with E-state index in [0.717, 1.165) is 0 Å². The molecule has 3 N–H and O–H groups in total. The van der Waals surface area contributed by atoms with Crippen LogP contribution in [0.3, 0.4) is 0 Å². The third-order valence-corrected chi connectivity index (χ3v) is 5.54. The topological polar surface area (TPSA) is 117 Å². The van der Waals surface area contributed by atoms with Crippen molar-refractivity contribution in [1.29, 1.82) is 0 Å². The van der Waals surface area contributed by atoms with Crippen molar-refractivity contribution in [3.05, 3.63) is 36.4 Å². The van der Waals surface area contributed by atoms with Gasteiger partial charge in [-0.1, -0.05) is 0 Å². The van der Waals surface area contributed by atoms with Crippen molar-refractivity contribution >= 4 is 39.5 Å². The van der Waals surface area contributed by atoms with Crippen molar-refractivity contribution < 1.29 is 27.4 Å². The van der Waals surface area contributed by atoms with Gasteiger partial charge in [0, 0.05) is 18.2 Å². The molecule has 0 aromatic heterocycles. The number of hydrogen-bond acceptors (Lipinski definition) is 7. The van der Waals surface area contributed by atoms with Crippen LogP contribution in [-0.4, -0.2) is 41.4 Å². The monoisotopic (exact) mass is 430 g/mol. The van der Waals surface area contributed by atoms with E-state index in [-0.39, 0.29) is 29.5 Å². The van der Waals surface area contributed by atoms with E-state index in [0.29, 0.717) is 28.6 Å². The van der Waals surface area contributed by atoms with Crippen molar-refractivity contribution in [2.45, 2.75) is 11.3 Å². The van der Waals surface area contributed by atoms with Gasteiger partial charge in [0.05, 0.1) is 37.7 Å². The Kier molecular flexibility index (Phi) is 8.39. The highest BCUT2D eigenvalue weighted by Gasteiger charge is 2.19. The Labute approximate surface area is 170 Å². The van der Waals surface area contributed by atoms with E-state index < -0.39 is 15.7 Å². The van der Waals surface area contributed by atoms with Gasteiger partial charge in [-0.25, -0.2) is 8.42 Å². The summed E-state index contributed by atoms with van der Waals surface area (Å²) in [6.07, 6.45) is -0.206. The maximum atomic E-state index is 12.5. The van der Waals surface area contributed by atoms with E-state index in [1.165, 1.54) is 39.5 Å². The first-order chi connectivity index (χ1) is 12.8. The summed E-state index contributed by atoms with van der Waals surface area (Å²) in [5.74, 6) is 0.427. The summed E-state index contributed by atoms with van der Waals surface area (Å²) in [4.78, 5) is 12.1. The van der Waals surface area contributed by atoms with E-state index in [4.69, 9.17) is 19.9 Å². The van der Waals surface area contributed by atoms with Crippen LogP contribution < -0.4 is 25.3 Å². The lowest BCUT2D eigenvalue weighted by Crippen LogP contribution is -2.17. The molecule has 0 radical (unpaired) electrons. The quantitative estimate of drug-likeness (QED) is 0.618. The standard InChI is InChI=1S/C18H22N2O6S.ClH/c1-24-15-6-4-12(10-14(15)19)20-18(21)8-9-27(22,23)13-5-7-16(25-2)17(11-13)26-3;/h4-7,10-11H,8-9,19H2,1-3H3,(H,20,21);1H. The van der Waals surface area contributed by atoms with Crippen LogP contribution in [0.2, 0.25) is 0 Å². The van der Waals surface area contributed by atoms with Crippen molar-refractivity contribution in [3.8, 4) is 17.2 Å². The average molecular weight is 431 g/mol. The molecule has 2 aromatic rings. The normalized spacial score (nSPS) is 10.5. The van der Waals surface area contributed by atoms with Crippen LogP contribution in [0.5, 0.6) is 17.2 Å². The van der Waals surface area contributed by atoms with Gasteiger partial charge in [-0.05, 0) is 30.3 Å². The lowest BCUT2D eigenvalue weighted by atomic mass is 10.2. The molecule has 0 aliphatic rings. The molecule has 0 bridgehead atoms. The summed E-state index contributed by atoms with van der Waals surface area (Å²) in [7, 11) is 0.703. The Morgan fingerprint density at radius 2 is 1.57 bits per heavy atom. The third-order valence-electron chi connectivity index (χ3n) is 3.83. The van der Waals surface area contributed by atoms with E-state index in [9.17, 15) is 13.2 Å². The first-order valence-corrected chi connectivity index (χ1v) is 9.64. The highest BCUT2D eigenvalue weighted by molar-refractivity contribution is 7.91. The molecule has 154 valence electrons. The predicted molar refractivity (Wildman–Crippen MR) is 109 cm³/mol. The molecule has 2 rings (SSSR count). The molecule has 28 heavy (non-hydrogen) atoms. The summed E-state index contributed by atoms with van der Waals surface area (Å²) >= 11 is 0. The zero-order valence-electron chi connectivity index (χ0n) is 15.7. The maximum absolute atomic E-state index is 12.5. The minimum atomic E-state index is -3.67. The Hall–Kier alpha value is -2.65. The molecule has 10 heteroatoms. The molecule has 0 aliphatic carbocycles. The largest absolute Gasteiger partial charge is 0.495 e. The van der Waals surface area contributed by atoms with E-state index in [1.807, 2.05) is 0 Å². The molecule has 2 aromatic carbocycles. The molecular formula is C18H23ClN2O6S. The molecule has 0 atom stereocenters. The fourth-order valence-corrected chi connectivity index (χ4v) is 3.64. The number of nitrogens with two attached hydrogens (primary N) is 1. The smallest absolute Gasteiger partial charge is 0.225 e. The van der Waals surface area contributed by atoms with Crippen LogP contribution in [0.15, 0.2) is 41.3 Å². The highest BCUT2D eigenvalue weighted by Crippen LogP contribution is 2.30. The molecule has 0 aliphatic heterocycles. The summed E-state index contributed by atoms with van der Waals surface area (Å²) < 4.78 is 40.2. The summed E-state index contributed by atoms with van der Waals surface area (Å²) in [6.45, 7) is 0. The third kappa shape index (κ3) is 5.67. The number of nitrogen functional groups attached to an aromatic ring is 1. The van der Waals surface area contributed by atoms with E-state index in [2.05, 4.69) is 5.32 Å². The van der Waals surface area contributed by atoms with Gasteiger partial charge in [0.2, 0.25) is 5.91 Å². The fraction of sp³-hybridized carbons (Fsp3) is 0.278. The van der Waals surface area contributed by atoms with Gasteiger partial charge in [0.25, 0.3) is 0 Å². The molecule has 0 saturated carbocycles. The Morgan fingerprint density at radius 1 is 0.964 bits per heavy atom. The predicted octanol–water partition coefficient (Wildman–Crippen LogP) is 2.52. The second-order valence-electron chi connectivity index (χ2n) is 5.59. The number of sulfone groups is 1. The molecule has 0 heterocycles. The van der Waals surface area contributed by atoms with Gasteiger partial charge in [0.1, 0.15) is 5.75 Å². The zero-order valence-corrected chi connectivity index (χ0v) is 17.4. The van der Waals surface area contributed by atoms with Crippen LogP contribution in [0.25, 0.3) is 0 Å². The van der Waals surface area contributed by atoms with Gasteiger partial charge in [0.15, 0.2) is 21.3 Å². The average Bonchev–Trinajstić information content (AvgIpc) is 2.66. The van der Waals surface area contributed by atoms with Crippen LogP contribution in [-0.2, 0) is 14.6 Å². The summed E-state index contributed by atoms with van der Waals surface area (Å²) in [5, 5.41) is 2.62. The molecule has 8 nitrogen and oxygen atoms in total. The van der Waals surface area contributed by atoms with Crippen LogP contribution >= 0.6 is 12.4 Å². The van der Waals surface area contributed by atoms with Crippen molar-refractivity contribution in [2.75, 3.05) is 38.1 Å². The van der Waals surface area contributed by atoms with Gasteiger partial charge in [-0.3, -0.25) is 4.79 Å². The van der Waals surface area contributed by atoms with Gasteiger partial charge in [-0.2, -0.15) is 0 Å². The number of ether oxygens (including phenoxy) is 3. The van der Waals surface area contributed by atoms with Crippen molar-refractivity contribution in [3.63, 3.8) is 0 Å². The first kappa shape index (κ1) is 23.4. The molecular weight excluding hydrogens is 408 g/mol. The lowest BCUT2D eigenvalue weighted by molar-refractivity contribution is -0.115. The van der Waals surface area contributed by atoms with Gasteiger partial charge >= 0.3 is 0 Å². The summed E-state index contributed by atoms with van der Waals surface area (Å²) in [6, 6.07) is 9.07. The van der Waals surface area contributed by atoms with Gasteiger partial charge < -0.3 is 25.3 Å². The number of methoxy groups -OCH3 is 3. The SMILES string of the molecule is COc1ccc(NC(=O)CCS(=O)(=O)c2ccc(OC)c(OC)c2)cc1N.Cl. The molecule has 0 saturated heterocycles. The Bertz CT molecular complexity index is 934. The van der Waals surface area contributed by atoms with E-state index in [1.54, 1.807) is 18.2 Å². The molecule has 0 spiro atoms. The minimum absolute atomic E-state index is 0. The second kappa shape index (κ2) is 10.0. The highest BCUT2D eigenvalue weighted by atomic mass is 35.5. The number of nitrogens with one attached hydrogen (secondary N) is 1. The number of amides is 1. The number of rotatable bonds is 8. The minimum Gasteiger partial charge on any atom is -0.495 e. The number of halogens is 1. The molecule has 1 amide bonds. The first-order valence-electron chi connectivity index (χ1n) is 7.99. The number of hydrogen-bond donors (Lipinski definition) is 2. The lowest BCUT2D eigenvalue weighted by Gasteiger charge is -2.11. The number of anilines is 2. The van der Waals surface area contributed by atoms with Crippen molar-refractivity contribution in [2.24, 2.45) is 0 Å². The molecule has 0 fully saturated rings. The Morgan fingerprint density at radius 3 is 2.14 bits per heavy atom. The Balaban J connectivity index is 0.00000392.